The fraction of sp³-hybridized carbons (Fsp3) is 0.222. The summed E-state index contributed by atoms with van der Waals surface area (Å²) in [5.74, 6) is 1.12. The van der Waals surface area contributed by atoms with E-state index in [0.29, 0.717) is 27.3 Å². The molecule has 2 aromatic carbocycles. The summed E-state index contributed by atoms with van der Waals surface area (Å²) in [7, 11) is 0.497. The van der Waals surface area contributed by atoms with Crippen molar-refractivity contribution in [1.82, 2.24) is 5.48 Å². The van der Waals surface area contributed by atoms with Gasteiger partial charge in [-0.2, -0.15) is 13.5 Å². The van der Waals surface area contributed by atoms with E-state index in [1.807, 2.05) is 6.92 Å². The molecular formula is C18H23BrN4O7S. The molecule has 0 fully saturated rings. The van der Waals surface area contributed by atoms with Crippen LogP contribution in [0, 0.1) is 6.92 Å². The Hall–Kier alpha value is -2.87. The summed E-state index contributed by atoms with van der Waals surface area (Å²) in [6, 6.07) is 7.71. The maximum Gasteiger partial charge on any atom is 0.294 e. The Bertz CT molecular complexity index is 1040. The molecule has 31 heavy (non-hydrogen) atoms. The minimum absolute atomic E-state index is 0.0666. The van der Waals surface area contributed by atoms with Gasteiger partial charge in [-0.25, -0.2) is 5.48 Å². The lowest BCUT2D eigenvalue weighted by atomic mass is 10.2. The molecular weight excluding hydrogens is 496 g/mol. The van der Waals surface area contributed by atoms with Crippen LogP contribution < -0.4 is 25.4 Å². The van der Waals surface area contributed by atoms with Crippen molar-refractivity contribution in [2.45, 2.75) is 11.8 Å². The van der Waals surface area contributed by atoms with Crippen LogP contribution in [-0.2, 0) is 10.1 Å². The SMILES string of the molecule is COc1c(Br)cc(/C=N/N=C(N)NO)c(OC)c1OC.Cc1ccc(S(=O)(=O)O)cc1. The van der Waals surface area contributed by atoms with E-state index in [-0.39, 0.29) is 10.9 Å². The molecule has 0 radical (unpaired) electrons. The number of hydrogen-bond acceptors (Lipinski definition) is 8. The number of nitrogens with zero attached hydrogens (tertiary/aromatic N) is 2. The van der Waals surface area contributed by atoms with E-state index in [9.17, 15) is 8.42 Å². The molecule has 0 aromatic heterocycles. The first kappa shape index (κ1) is 26.2. The van der Waals surface area contributed by atoms with E-state index in [1.54, 1.807) is 23.7 Å². The molecule has 170 valence electrons. The van der Waals surface area contributed by atoms with Crippen molar-refractivity contribution in [3.05, 3.63) is 45.9 Å². The number of nitrogens with one attached hydrogen (secondary N) is 1. The van der Waals surface area contributed by atoms with Crippen molar-refractivity contribution >= 4 is 38.2 Å². The fourth-order valence-corrected chi connectivity index (χ4v) is 3.25. The van der Waals surface area contributed by atoms with Crippen molar-refractivity contribution in [3.8, 4) is 17.2 Å². The summed E-state index contributed by atoms with van der Waals surface area (Å²) >= 11 is 3.36. The standard InChI is InChI=1S/C11H15BrN4O4.C7H8O3S/c1-18-8-6(5-14-15-11(13)16-17)4-7(12)9(19-2)10(8)20-3;1-6-2-4-7(5-3-6)11(8,9)10/h4-5,17H,1-3H3,(H3,13,15,16);2-5H,1H3,(H,8,9,10)/b14-5+;. The highest BCUT2D eigenvalue weighted by molar-refractivity contribution is 9.10. The molecule has 0 unspecified atom stereocenters. The second kappa shape index (κ2) is 12.1. The number of guanidine groups is 1. The number of hydroxylamine groups is 1. The monoisotopic (exact) mass is 518 g/mol. The Kier molecular flexibility index (Phi) is 10.2. The first-order valence-electron chi connectivity index (χ1n) is 8.38. The van der Waals surface area contributed by atoms with Crippen LogP contribution in [0.1, 0.15) is 11.1 Å². The Balaban J connectivity index is 0.000000367. The van der Waals surface area contributed by atoms with Gasteiger partial charge >= 0.3 is 0 Å². The average molecular weight is 519 g/mol. The molecule has 0 aliphatic carbocycles. The summed E-state index contributed by atoms with van der Waals surface area (Å²) in [6.45, 7) is 1.84. The second-order valence-electron chi connectivity index (χ2n) is 5.68. The molecule has 0 saturated carbocycles. The molecule has 0 bridgehead atoms. The lowest BCUT2D eigenvalue weighted by molar-refractivity contribution is 0.232. The quantitative estimate of drug-likeness (QED) is 0.194. The van der Waals surface area contributed by atoms with Crippen LogP contribution >= 0.6 is 15.9 Å². The largest absolute Gasteiger partial charge is 0.492 e. The molecule has 13 heteroatoms. The van der Waals surface area contributed by atoms with Gasteiger partial charge in [-0.05, 0) is 41.1 Å². The maximum atomic E-state index is 10.5. The van der Waals surface area contributed by atoms with Gasteiger partial charge in [0.1, 0.15) is 0 Å². The molecule has 0 aliphatic heterocycles. The van der Waals surface area contributed by atoms with Crippen LogP contribution in [0.25, 0.3) is 0 Å². The Morgan fingerprint density at radius 3 is 2.10 bits per heavy atom. The fourth-order valence-electron chi connectivity index (χ4n) is 2.18. The number of nitrogens with two attached hydrogens (primary N) is 1. The van der Waals surface area contributed by atoms with E-state index in [2.05, 4.69) is 26.1 Å². The first-order chi connectivity index (χ1) is 14.6. The lowest BCUT2D eigenvalue weighted by Crippen LogP contribution is -2.27. The Morgan fingerprint density at radius 1 is 1.10 bits per heavy atom. The molecule has 0 amide bonds. The molecule has 0 aliphatic rings. The smallest absolute Gasteiger partial charge is 0.294 e. The number of methoxy groups -OCH3 is 3. The van der Waals surface area contributed by atoms with Gasteiger partial charge in [0.05, 0.1) is 36.9 Å². The van der Waals surface area contributed by atoms with E-state index in [4.69, 9.17) is 29.7 Å². The third-order valence-corrected chi connectivity index (χ3v) is 5.04. The second-order valence-corrected chi connectivity index (χ2v) is 7.95. The number of aryl methyl sites for hydroxylation is 1. The molecule has 0 atom stereocenters. The van der Waals surface area contributed by atoms with Gasteiger partial charge < -0.3 is 19.9 Å². The third kappa shape index (κ3) is 7.71. The predicted octanol–water partition coefficient (Wildman–Crippen LogP) is 2.34. The zero-order valence-electron chi connectivity index (χ0n) is 17.2. The summed E-state index contributed by atoms with van der Waals surface area (Å²) in [5, 5.41) is 15.7. The predicted molar refractivity (Wildman–Crippen MR) is 119 cm³/mol. The first-order valence-corrected chi connectivity index (χ1v) is 10.6. The van der Waals surface area contributed by atoms with Gasteiger partial charge in [0.15, 0.2) is 11.5 Å². The number of benzene rings is 2. The van der Waals surface area contributed by atoms with E-state index in [1.165, 1.54) is 39.7 Å². The molecule has 0 spiro atoms. The van der Waals surface area contributed by atoms with Gasteiger partial charge in [-0.1, -0.05) is 17.7 Å². The molecule has 2 aromatic rings. The van der Waals surface area contributed by atoms with E-state index < -0.39 is 10.1 Å². The third-order valence-electron chi connectivity index (χ3n) is 3.58. The van der Waals surface area contributed by atoms with Crippen LogP contribution in [-0.4, -0.2) is 51.7 Å². The van der Waals surface area contributed by atoms with Crippen molar-refractivity contribution in [2.75, 3.05) is 21.3 Å². The van der Waals surface area contributed by atoms with Gasteiger partial charge in [-0.15, -0.1) is 5.10 Å². The summed E-state index contributed by atoms with van der Waals surface area (Å²) < 4.78 is 46.0. The van der Waals surface area contributed by atoms with Crippen LogP contribution in [0.15, 0.2) is 49.9 Å². The van der Waals surface area contributed by atoms with Crippen LogP contribution in [0.2, 0.25) is 0 Å². The zero-order valence-corrected chi connectivity index (χ0v) is 19.6. The van der Waals surface area contributed by atoms with Gasteiger partial charge in [0.25, 0.3) is 10.1 Å². The topological polar surface area (TPSA) is 165 Å². The molecule has 5 N–H and O–H groups in total. The maximum absolute atomic E-state index is 10.5. The van der Waals surface area contributed by atoms with Crippen molar-refractivity contribution < 1.29 is 32.4 Å². The van der Waals surface area contributed by atoms with Crippen molar-refractivity contribution in [2.24, 2.45) is 15.9 Å². The van der Waals surface area contributed by atoms with Crippen molar-refractivity contribution in [1.29, 1.82) is 0 Å². The molecule has 2 rings (SSSR count). The summed E-state index contributed by atoms with van der Waals surface area (Å²) in [5.41, 5.74) is 8.44. The van der Waals surface area contributed by atoms with Gasteiger partial charge in [-0.3, -0.25) is 9.76 Å². The normalized spacial score (nSPS) is 11.5. The number of hydrogen-bond donors (Lipinski definition) is 4. The highest BCUT2D eigenvalue weighted by Gasteiger charge is 2.18. The van der Waals surface area contributed by atoms with Crippen LogP contribution in [0.4, 0.5) is 0 Å². The minimum atomic E-state index is -4.02. The van der Waals surface area contributed by atoms with Crippen molar-refractivity contribution in [3.63, 3.8) is 0 Å². The summed E-state index contributed by atoms with van der Waals surface area (Å²) in [6.07, 6.45) is 1.40. The number of rotatable bonds is 6. The zero-order chi connectivity index (χ0) is 23.6. The minimum Gasteiger partial charge on any atom is -0.492 e. The number of ether oxygens (including phenoxy) is 3. The van der Waals surface area contributed by atoms with Crippen LogP contribution in [0.5, 0.6) is 17.2 Å². The highest BCUT2D eigenvalue weighted by Crippen LogP contribution is 2.44. The molecule has 0 heterocycles. The van der Waals surface area contributed by atoms with E-state index in [0.717, 1.165) is 5.56 Å². The van der Waals surface area contributed by atoms with Gasteiger partial charge in [0.2, 0.25) is 11.7 Å². The van der Waals surface area contributed by atoms with Gasteiger partial charge in [0, 0.05) is 5.56 Å². The molecule has 11 nitrogen and oxygen atoms in total. The average Bonchev–Trinajstić information content (AvgIpc) is 2.73. The van der Waals surface area contributed by atoms with E-state index >= 15 is 0 Å². The lowest BCUT2D eigenvalue weighted by Gasteiger charge is -2.15. The highest BCUT2D eigenvalue weighted by atomic mass is 79.9. The Labute approximate surface area is 188 Å². The number of halogens is 1. The van der Waals surface area contributed by atoms with Crippen LogP contribution in [0.3, 0.4) is 0 Å². The Morgan fingerprint density at radius 2 is 1.65 bits per heavy atom. The molecule has 0 saturated heterocycles. The summed E-state index contributed by atoms with van der Waals surface area (Å²) in [4.78, 5) is -0.0666.